The number of hydrogen-bond acceptors (Lipinski definition) is 5. The average molecular weight is 376 g/mol. The number of nitrogens with zero attached hydrogens (tertiary/aromatic N) is 1. The highest BCUT2D eigenvalue weighted by Gasteiger charge is 2.15. The number of nitrogens with one attached hydrogen (secondary N) is 1. The molecule has 0 atom stereocenters. The molecular weight excluding hydrogens is 344 g/mol. The maximum absolute atomic E-state index is 12.0. The largest absolute Gasteiger partial charge is 0.493 e. The molecule has 0 spiro atoms. The van der Waals surface area contributed by atoms with Crippen LogP contribution in [0, 0.1) is 5.92 Å². The van der Waals surface area contributed by atoms with Gasteiger partial charge in [-0.05, 0) is 76.4 Å². The fourth-order valence-corrected chi connectivity index (χ4v) is 3.17. The Morgan fingerprint density at radius 1 is 1.19 bits per heavy atom. The van der Waals surface area contributed by atoms with Gasteiger partial charge in [-0.25, -0.2) is 0 Å². The third kappa shape index (κ3) is 7.21. The van der Waals surface area contributed by atoms with Crippen LogP contribution in [0.1, 0.15) is 49.9 Å². The summed E-state index contributed by atoms with van der Waals surface area (Å²) in [4.78, 5) is 25.9. The number of carbonyl (C=O) groups excluding carboxylic acids is 2. The molecule has 0 unspecified atom stereocenters. The molecule has 1 aromatic carbocycles. The van der Waals surface area contributed by atoms with Crippen LogP contribution >= 0.6 is 0 Å². The summed E-state index contributed by atoms with van der Waals surface area (Å²) in [6.45, 7) is 7.92. The third-order valence-corrected chi connectivity index (χ3v) is 5.03. The summed E-state index contributed by atoms with van der Waals surface area (Å²) in [5.41, 5.74) is 0.548. The van der Waals surface area contributed by atoms with Gasteiger partial charge in [0.1, 0.15) is 0 Å². The monoisotopic (exact) mass is 376 g/mol. The quantitative estimate of drug-likeness (QED) is 0.502. The van der Waals surface area contributed by atoms with Gasteiger partial charge in [-0.3, -0.25) is 9.59 Å². The van der Waals surface area contributed by atoms with Gasteiger partial charge in [0.05, 0.1) is 7.11 Å². The van der Waals surface area contributed by atoms with Crippen molar-refractivity contribution in [1.82, 2.24) is 10.2 Å². The summed E-state index contributed by atoms with van der Waals surface area (Å²) < 4.78 is 10.8. The fraction of sp³-hybridized carbons (Fsp3) is 0.619. The first kappa shape index (κ1) is 21.2. The number of unbranched alkanes of at least 4 members (excludes halogenated alkanes) is 1. The van der Waals surface area contributed by atoms with Crippen molar-refractivity contribution in [3.8, 4) is 11.5 Å². The topological polar surface area (TPSA) is 67.9 Å². The van der Waals surface area contributed by atoms with E-state index in [2.05, 4.69) is 17.1 Å². The lowest BCUT2D eigenvalue weighted by Gasteiger charge is -2.30. The number of hydrogen-bond donors (Lipinski definition) is 1. The number of likely N-dealkylation sites (tertiary alicyclic amines) is 1. The van der Waals surface area contributed by atoms with Crippen LogP contribution in [-0.4, -0.2) is 56.5 Å². The van der Waals surface area contributed by atoms with E-state index in [1.165, 1.54) is 40.0 Å². The Morgan fingerprint density at radius 3 is 2.59 bits per heavy atom. The van der Waals surface area contributed by atoms with Crippen molar-refractivity contribution in [3.63, 3.8) is 0 Å². The van der Waals surface area contributed by atoms with Gasteiger partial charge < -0.3 is 19.7 Å². The summed E-state index contributed by atoms with van der Waals surface area (Å²) in [5, 5.41) is 2.89. The predicted octanol–water partition coefficient (Wildman–Crippen LogP) is 2.90. The smallest absolute Gasteiger partial charge is 0.257 e. The van der Waals surface area contributed by atoms with Crippen LogP contribution in [0.3, 0.4) is 0 Å². The fourth-order valence-electron chi connectivity index (χ4n) is 3.17. The first-order valence-corrected chi connectivity index (χ1v) is 9.80. The summed E-state index contributed by atoms with van der Waals surface area (Å²) in [6.07, 6.45) is 4.65. The zero-order chi connectivity index (χ0) is 19.6. The minimum atomic E-state index is -0.153. The number of rotatable bonds is 10. The maximum atomic E-state index is 12.0. The molecule has 6 heteroatoms. The molecule has 0 saturated carbocycles. The molecule has 150 valence electrons. The lowest BCUT2D eigenvalue weighted by molar-refractivity contribution is -0.123. The number of Topliss-reactive ketones (excluding diaryl/α,β-unsaturated/α-hetero) is 1. The highest BCUT2D eigenvalue weighted by molar-refractivity contribution is 5.94. The molecule has 1 aliphatic heterocycles. The molecule has 2 rings (SSSR count). The highest BCUT2D eigenvalue weighted by Crippen LogP contribution is 2.28. The Hall–Kier alpha value is -2.08. The molecule has 1 saturated heterocycles. The molecule has 27 heavy (non-hydrogen) atoms. The van der Waals surface area contributed by atoms with E-state index in [4.69, 9.17) is 9.47 Å². The Balaban J connectivity index is 1.62. The van der Waals surface area contributed by atoms with Crippen molar-refractivity contribution >= 4 is 11.7 Å². The highest BCUT2D eigenvalue weighted by atomic mass is 16.5. The Labute approximate surface area is 162 Å². The van der Waals surface area contributed by atoms with Gasteiger partial charge >= 0.3 is 0 Å². The summed E-state index contributed by atoms with van der Waals surface area (Å²) in [5.74, 6) is 1.57. The van der Waals surface area contributed by atoms with Crippen molar-refractivity contribution < 1.29 is 19.1 Å². The van der Waals surface area contributed by atoms with E-state index in [0.29, 0.717) is 23.6 Å². The minimum absolute atomic E-state index is 0.0448. The molecule has 1 heterocycles. The Kier molecular flexibility index (Phi) is 8.58. The van der Waals surface area contributed by atoms with Crippen molar-refractivity contribution in [2.45, 2.75) is 39.5 Å². The van der Waals surface area contributed by atoms with E-state index in [9.17, 15) is 9.59 Å². The van der Waals surface area contributed by atoms with Crippen molar-refractivity contribution in [1.29, 1.82) is 0 Å². The Morgan fingerprint density at radius 2 is 1.93 bits per heavy atom. The van der Waals surface area contributed by atoms with E-state index in [1.807, 2.05) is 0 Å². The van der Waals surface area contributed by atoms with Crippen molar-refractivity contribution in [2.75, 3.05) is 39.9 Å². The van der Waals surface area contributed by atoms with Gasteiger partial charge in [0, 0.05) is 12.1 Å². The molecular formula is C21H32N2O4. The maximum Gasteiger partial charge on any atom is 0.257 e. The van der Waals surface area contributed by atoms with Crippen LogP contribution in [0.4, 0.5) is 0 Å². The number of ketones is 1. The molecule has 0 aromatic heterocycles. The van der Waals surface area contributed by atoms with E-state index < -0.39 is 0 Å². The number of ether oxygens (including phenoxy) is 2. The normalized spacial score (nSPS) is 15.4. The second-order valence-corrected chi connectivity index (χ2v) is 7.29. The number of benzene rings is 1. The SMILES string of the molecule is COc1cc(C(C)=O)ccc1OCC(=O)NCCCCN1CCC(C)CC1. The molecule has 0 aliphatic carbocycles. The molecule has 0 bridgehead atoms. The number of carbonyl (C=O) groups is 2. The van der Waals surface area contributed by atoms with Gasteiger partial charge in [-0.2, -0.15) is 0 Å². The van der Waals surface area contributed by atoms with Gasteiger partial charge in [-0.1, -0.05) is 6.92 Å². The van der Waals surface area contributed by atoms with E-state index in [0.717, 1.165) is 25.3 Å². The van der Waals surface area contributed by atoms with Crippen molar-refractivity contribution in [2.24, 2.45) is 5.92 Å². The standard InChI is InChI=1S/C21H32N2O4/c1-16-8-12-23(13-9-16)11-5-4-10-22-21(25)15-27-19-7-6-18(17(2)24)14-20(19)26-3/h6-7,14,16H,4-5,8-13,15H2,1-3H3,(H,22,25). The summed E-state index contributed by atoms with van der Waals surface area (Å²) in [7, 11) is 1.51. The van der Waals surface area contributed by atoms with Crippen LogP contribution in [0.15, 0.2) is 18.2 Å². The van der Waals surface area contributed by atoms with E-state index in [-0.39, 0.29) is 18.3 Å². The second kappa shape index (κ2) is 10.9. The minimum Gasteiger partial charge on any atom is -0.493 e. The zero-order valence-electron chi connectivity index (χ0n) is 16.8. The average Bonchev–Trinajstić information content (AvgIpc) is 2.67. The molecule has 1 aromatic rings. The second-order valence-electron chi connectivity index (χ2n) is 7.29. The molecule has 1 amide bonds. The van der Waals surface area contributed by atoms with Gasteiger partial charge in [0.2, 0.25) is 0 Å². The van der Waals surface area contributed by atoms with Gasteiger partial charge in [0.15, 0.2) is 23.9 Å². The number of methoxy groups -OCH3 is 1. The molecule has 1 fully saturated rings. The van der Waals surface area contributed by atoms with Gasteiger partial charge in [-0.15, -0.1) is 0 Å². The number of amides is 1. The Bertz CT molecular complexity index is 625. The predicted molar refractivity (Wildman–Crippen MR) is 106 cm³/mol. The summed E-state index contributed by atoms with van der Waals surface area (Å²) in [6, 6.07) is 4.94. The third-order valence-electron chi connectivity index (χ3n) is 5.03. The number of piperidine rings is 1. The van der Waals surface area contributed by atoms with Gasteiger partial charge in [0.25, 0.3) is 5.91 Å². The van der Waals surface area contributed by atoms with E-state index >= 15 is 0 Å². The van der Waals surface area contributed by atoms with Crippen molar-refractivity contribution in [3.05, 3.63) is 23.8 Å². The molecule has 1 N–H and O–H groups in total. The first-order chi connectivity index (χ1) is 13.0. The molecule has 0 radical (unpaired) electrons. The van der Waals surface area contributed by atoms with Crippen LogP contribution in [0.5, 0.6) is 11.5 Å². The first-order valence-electron chi connectivity index (χ1n) is 9.80. The zero-order valence-corrected chi connectivity index (χ0v) is 16.8. The summed E-state index contributed by atoms with van der Waals surface area (Å²) >= 11 is 0. The van der Waals surface area contributed by atoms with Crippen LogP contribution in [-0.2, 0) is 4.79 Å². The molecule has 6 nitrogen and oxygen atoms in total. The van der Waals surface area contributed by atoms with Crippen LogP contribution in [0.25, 0.3) is 0 Å². The van der Waals surface area contributed by atoms with E-state index in [1.54, 1.807) is 18.2 Å². The van der Waals surface area contributed by atoms with Crippen LogP contribution < -0.4 is 14.8 Å². The molecule has 1 aliphatic rings. The lowest BCUT2D eigenvalue weighted by Crippen LogP contribution is -2.34. The van der Waals surface area contributed by atoms with Crippen LogP contribution in [0.2, 0.25) is 0 Å². The lowest BCUT2D eigenvalue weighted by atomic mass is 9.99.